The molecular weight excluding hydrogens is 230 g/mol. The molecule has 102 valence electrons. The van der Waals surface area contributed by atoms with Gasteiger partial charge < -0.3 is 10.4 Å². The van der Waals surface area contributed by atoms with Crippen LogP contribution in [0.3, 0.4) is 0 Å². The van der Waals surface area contributed by atoms with Crippen molar-refractivity contribution in [1.82, 2.24) is 5.32 Å². The molecule has 0 saturated heterocycles. The molecule has 0 heterocycles. The van der Waals surface area contributed by atoms with Crippen molar-refractivity contribution in [2.45, 2.75) is 46.1 Å². The average Bonchev–Trinajstić information content (AvgIpc) is 2.26. The molecule has 3 unspecified atom stereocenters. The Hall–Kier alpha value is -1.32. The molecule has 18 heavy (non-hydrogen) atoms. The van der Waals surface area contributed by atoms with Gasteiger partial charge in [-0.25, -0.2) is 4.79 Å². The van der Waals surface area contributed by atoms with Gasteiger partial charge in [-0.3, -0.25) is 4.79 Å². The van der Waals surface area contributed by atoms with Gasteiger partial charge in [0.25, 0.3) is 0 Å². The molecule has 1 fully saturated rings. The molecule has 0 bridgehead atoms. The normalized spacial score (nSPS) is 28.6. The molecule has 4 nitrogen and oxygen atoms in total. The van der Waals surface area contributed by atoms with Gasteiger partial charge in [0, 0.05) is 18.2 Å². The minimum absolute atomic E-state index is 0.166. The average molecular weight is 253 g/mol. The van der Waals surface area contributed by atoms with Gasteiger partial charge in [-0.05, 0) is 30.6 Å². The summed E-state index contributed by atoms with van der Waals surface area (Å²) in [4.78, 5) is 22.0. The summed E-state index contributed by atoms with van der Waals surface area (Å²) in [6.07, 6.45) is 5.30. The van der Waals surface area contributed by atoms with Gasteiger partial charge >= 0.3 is 5.97 Å². The van der Waals surface area contributed by atoms with E-state index in [1.807, 2.05) is 0 Å². The summed E-state index contributed by atoms with van der Waals surface area (Å²) >= 11 is 0. The van der Waals surface area contributed by atoms with Crippen molar-refractivity contribution in [2.24, 2.45) is 17.8 Å². The van der Waals surface area contributed by atoms with Gasteiger partial charge in [-0.1, -0.05) is 27.2 Å². The second kappa shape index (κ2) is 6.57. The maximum absolute atomic E-state index is 11.6. The Morgan fingerprint density at radius 2 is 1.94 bits per heavy atom. The lowest BCUT2D eigenvalue weighted by atomic mass is 9.74. The lowest BCUT2D eigenvalue weighted by Crippen LogP contribution is -2.45. The van der Waals surface area contributed by atoms with Crippen LogP contribution in [-0.2, 0) is 9.59 Å². The first-order valence-electron chi connectivity index (χ1n) is 6.61. The summed E-state index contributed by atoms with van der Waals surface area (Å²) in [6, 6.07) is 0.166. The molecule has 0 aliphatic heterocycles. The summed E-state index contributed by atoms with van der Waals surface area (Å²) in [5.74, 6) is 0.244. The lowest BCUT2D eigenvalue weighted by molar-refractivity contribution is -0.131. The first kappa shape index (κ1) is 14.7. The van der Waals surface area contributed by atoms with Crippen LogP contribution in [-0.4, -0.2) is 23.0 Å². The van der Waals surface area contributed by atoms with Crippen molar-refractivity contribution in [3.8, 4) is 0 Å². The molecule has 0 aromatic carbocycles. The third-order valence-corrected chi connectivity index (χ3v) is 3.73. The van der Waals surface area contributed by atoms with Crippen LogP contribution in [0.1, 0.15) is 40.0 Å². The van der Waals surface area contributed by atoms with E-state index >= 15 is 0 Å². The molecule has 1 saturated carbocycles. The fourth-order valence-electron chi connectivity index (χ4n) is 2.75. The predicted molar refractivity (Wildman–Crippen MR) is 70.0 cm³/mol. The standard InChI is InChI=1S/C14H23NO3/c1-9(2)11-5-4-10(3)8-12(11)15-13(16)6-7-14(17)18/h6-7,9-12H,4-5,8H2,1-3H3,(H,15,16)(H,17,18)/b7-6+. The maximum Gasteiger partial charge on any atom is 0.328 e. The molecule has 4 heteroatoms. The first-order chi connectivity index (χ1) is 8.40. The van der Waals surface area contributed by atoms with E-state index in [1.54, 1.807) is 0 Å². The molecule has 0 spiro atoms. The molecule has 3 atom stereocenters. The number of carbonyl (C=O) groups is 2. The third-order valence-electron chi connectivity index (χ3n) is 3.73. The number of nitrogens with one attached hydrogen (secondary N) is 1. The number of rotatable bonds is 4. The molecular formula is C14H23NO3. The van der Waals surface area contributed by atoms with Crippen molar-refractivity contribution < 1.29 is 14.7 Å². The van der Waals surface area contributed by atoms with Crippen molar-refractivity contribution in [3.05, 3.63) is 12.2 Å². The molecule has 1 rings (SSSR count). The second-order valence-electron chi connectivity index (χ2n) is 5.61. The number of hydrogen-bond donors (Lipinski definition) is 2. The van der Waals surface area contributed by atoms with Crippen LogP contribution in [0.4, 0.5) is 0 Å². The number of amides is 1. The van der Waals surface area contributed by atoms with Crippen molar-refractivity contribution in [2.75, 3.05) is 0 Å². The summed E-state index contributed by atoms with van der Waals surface area (Å²) in [6.45, 7) is 6.54. The zero-order valence-corrected chi connectivity index (χ0v) is 11.3. The van der Waals surface area contributed by atoms with Gasteiger partial charge in [-0.2, -0.15) is 0 Å². The molecule has 1 aliphatic carbocycles. The van der Waals surface area contributed by atoms with E-state index in [9.17, 15) is 9.59 Å². The zero-order valence-electron chi connectivity index (χ0n) is 11.3. The Morgan fingerprint density at radius 1 is 1.28 bits per heavy atom. The summed E-state index contributed by atoms with van der Waals surface area (Å²) < 4.78 is 0. The van der Waals surface area contributed by atoms with E-state index in [2.05, 4.69) is 26.1 Å². The molecule has 0 aromatic rings. The maximum atomic E-state index is 11.6. The molecule has 1 aliphatic rings. The first-order valence-corrected chi connectivity index (χ1v) is 6.61. The van der Waals surface area contributed by atoms with E-state index in [4.69, 9.17) is 5.11 Å². The Morgan fingerprint density at radius 3 is 2.50 bits per heavy atom. The van der Waals surface area contributed by atoms with Crippen molar-refractivity contribution >= 4 is 11.9 Å². The monoisotopic (exact) mass is 253 g/mol. The minimum Gasteiger partial charge on any atom is -0.478 e. The van der Waals surface area contributed by atoms with Crippen LogP contribution in [0.5, 0.6) is 0 Å². The number of carbonyl (C=O) groups excluding carboxylic acids is 1. The van der Waals surface area contributed by atoms with Crippen molar-refractivity contribution in [3.63, 3.8) is 0 Å². The van der Waals surface area contributed by atoms with Gasteiger partial charge in [0.2, 0.25) is 5.91 Å². The second-order valence-corrected chi connectivity index (χ2v) is 5.61. The number of aliphatic carboxylic acids is 1. The number of carboxylic acid groups (broad SMARTS) is 1. The Labute approximate surface area is 108 Å². The van der Waals surface area contributed by atoms with Crippen LogP contribution in [0.25, 0.3) is 0 Å². The van der Waals surface area contributed by atoms with E-state index < -0.39 is 5.97 Å². The number of carboxylic acids is 1. The Kier molecular flexibility index (Phi) is 5.38. The topological polar surface area (TPSA) is 66.4 Å². The number of hydrogen-bond acceptors (Lipinski definition) is 2. The Balaban J connectivity index is 2.60. The van der Waals surface area contributed by atoms with Gasteiger partial charge in [0.15, 0.2) is 0 Å². The zero-order chi connectivity index (χ0) is 13.7. The fraction of sp³-hybridized carbons (Fsp3) is 0.714. The van der Waals surface area contributed by atoms with E-state index in [1.165, 1.54) is 6.42 Å². The smallest absolute Gasteiger partial charge is 0.328 e. The third kappa shape index (κ3) is 4.51. The van der Waals surface area contributed by atoms with Gasteiger partial charge in [-0.15, -0.1) is 0 Å². The van der Waals surface area contributed by atoms with Gasteiger partial charge in [0.05, 0.1) is 0 Å². The largest absolute Gasteiger partial charge is 0.478 e. The molecule has 0 aromatic heterocycles. The Bertz CT molecular complexity index is 336. The van der Waals surface area contributed by atoms with E-state index in [-0.39, 0.29) is 11.9 Å². The van der Waals surface area contributed by atoms with E-state index in [0.29, 0.717) is 17.8 Å². The lowest BCUT2D eigenvalue weighted by Gasteiger charge is -2.37. The summed E-state index contributed by atoms with van der Waals surface area (Å²) in [5.41, 5.74) is 0. The highest BCUT2D eigenvalue weighted by molar-refractivity contribution is 5.94. The van der Waals surface area contributed by atoms with Crippen LogP contribution in [0.2, 0.25) is 0 Å². The highest BCUT2D eigenvalue weighted by atomic mass is 16.4. The van der Waals surface area contributed by atoms with Gasteiger partial charge in [0.1, 0.15) is 0 Å². The van der Waals surface area contributed by atoms with Crippen LogP contribution in [0.15, 0.2) is 12.2 Å². The summed E-state index contributed by atoms with van der Waals surface area (Å²) in [7, 11) is 0. The SMILES string of the molecule is CC1CCC(C(C)C)C(NC(=O)/C=C/C(=O)O)C1. The molecule has 2 N–H and O–H groups in total. The highest BCUT2D eigenvalue weighted by Crippen LogP contribution is 2.33. The summed E-state index contributed by atoms with van der Waals surface area (Å²) in [5, 5.41) is 11.4. The molecule has 1 amide bonds. The molecule has 0 radical (unpaired) electrons. The van der Waals surface area contributed by atoms with Crippen LogP contribution < -0.4 is 5.32 Å². The van der Waals surface area contributed by atoms with E-state index in [0.717, 1.165) is 25.0 Å². The highest BCUT2D eigenvalue weighted by Gasteiger charge is 2.31. The van der Waals surface area contributed by atoms with Crippen molar-refractivity contribution in [1.29, 1.82) is 0 Å². The fourth-order valence-corrected chi connectivity index (χ4v) is 2.75. The van der Waals surface area contributed by atoms with Crippen LogP contribution in [0, 0.1) is 17.8 Å². The minimum atomic E-state index is -1.09. The quantitative estimate of drug-likeness (QED) is 0.755. The van der Waals surface area contributed by atoms with Crippen LogP contribution >= 0.6 is 0 Å². The predicted octanol–water partition coefficient (Wildman–Crippen LogP) is 2.20.